The van der Waals surface area contributed by atoms with Crippen molar-refractivity contribution in [2.45, 2.75) is 38.7 Å². The molecule has 1 saturated carbocycles. The molecule has 1 aliphatic rings. The van der Waals surface area contributed by atoms with E-state index in [-0.39, 0.29) is 11.3 Å². The van der Waals surface area contributed by atoms with E-state index in [4.69, 9.17) is 10.3 Å². The fourth-order valence-corrected chi connectivity index (χ4v) is 1.71. The molecule has 1 fully saturated rings. The third kappa shape index (κ3) is 2.03. The number of aliphatic hydroxyl groups is 1. The monoisotopic (exact) mass is 211 g/mol. The summed E-state index contributed by atoms with van der Waals surface area (Å²) in [6, 6.07) is 0. The Morgan fingerprint density at radius 1 is 1.67 bits per heavy atom. The van der Waals surface area contributed by atoms with E-state index in [9.17, 15) is 5.11 Å². The van der Waals surface area contributed by atoms with Gasteiger partial charge < -0.3 is 15.4 Å². The van der Waals surface area contributed by atoms with Crippen molar-refractivity contribution in [1.82, 2.24) is 10.1 Å². The van der Waals surface area contributed by atoms with Gasteiger partial charge in [0.05, 0.1) is 0 Å². The second kappa shape index (κ2) is 3.57. The van der Waals surface area contributed by atoms with Gasteiger partial charge in [-0.05, 0) is 24.8 Å². The molecule has 2 rings (SSSR count). The predicted octanol–water partition coefficient (Wildman–Crippen LogP) is 0.965. The summed E-state index contributed by atoms with van der Waals surface area (Å²) in [7, 11) is 0. The number of nitrogens with two attached hydrogens (primary N) is 1. The smallest absolute Gasteiger partial charge is 0.255 e. The van der Waals surface area contributed by atoms with Crippen LogP contribution in [0.4, 0.5) is 0 Å². The molecule has 1 aromatic heterocycles. The highest BCUT2D eigenvalue weighted by Crippen LogP contribution is 2.57. The minimum atomic E-state index is -0.724. The van der Waals surface area contributed by atoms with E-state index in [0.29, 0.717) is 24.7 Å². The van der Waals surface area contributed by atoms with Gasteiger partial charge in [0, 0.05) is 5.92 Å². The Labute approximate surface area is 88.7 Å². The van der Waals surface area contributed by atoms with E-state index < -0.39 is 6.10 Å². The van der Waals surface area contributed by atoms with Gasteiger partial charge in [-0.25, -0.2) is 0 Å². The molecule has 2 unspecified atom stereocenters. The molecule has 84 valence electrons. The molecule has 5 heteroatoms. The maximum atomic E-state index is 9.59. The number of hydrogen-bond acceptors (Lipinski definition) is 5. The molecule has 0 aromatic carbocycles. The SMILES string of the molecule is CC1(C)CC1c1noc(C(O)CCN)n1. The van der Waals surface area contributed by atoms with Crippen LogP contribution < -0.4 is 5.73 Å². The van der Waals surface area contributed by atoms with Crippen molar-refractivity contribution in [1.29, 1.82) is 0 Å². The maximum absolute atomic E-state index is 9.59. The first-order valence-corrected chi connectivity index (χ1v) is 5.26. The zero-order valence-corrected chi connectivity index (χ0v) is 9.10. The second-order valence-corrected chi connectivity index (χ2v) is 4.83. The highest BCUT2D eigenvalue weighted by molar-refractivity contribution is 5.14. The van der Waals surface area contributed by atoms with Crippen molar-refractivity contribution in [2.75, 3.05) is 6.54 Å². The molecule has 0 spiro atoms. The van der Waals surface area contributed by atoms with Gasteiger partial charge in [-0.3, -0.25) is 0 Å². The Morgan fingerprint density at radius 3 is 2.87 bits per heavy atom. The summed E-state index contributed by atoms with van der Waals surface area (Å²) in [4.78, 5) is 4.20. The van der Waals surface area contributed by atoms with Crippen LogP contribution in [-0.4, -0.2) is 21.8 Å². The van der Waals surface area contributed by atoms with Gasteiger partial charge in [-0.15, -0.1) is 0 Å². The normalized spacial score (nSPS) is 25.2. The van der Waals surface area contributed by atoms with Crippen molar-refractivity contribution in [3.63, 3.8) is 0 Å². The quantitative estimate of drug-likeness (QED) is 0.775. The van der Waals surface area contributed by atoms with Gasteiger partial charge in [-0.1, -0.05) is 19.0 Å². The molecule has 0 radical (unpaired) electrons. The lowest BCUT2D eigenvalue weighted by molar-refractivity contribution is 0.127. The molecule has 1 aromatic rings. The summed E-state index contributed by atoms with van der Waals surface area (Å²) in [5, 5.41) is 13.5. The number of rotatable bonds is 4. The summed E-state index contributed by atoms with van der Waals surface area (Å²) < 4.78 is 5.01. The summed E-state index contributed by atoms with van der Waals surface area (Å²) in [5.41, 5.74) is 5.62. The van der Waals surface area contributed by atoms with Crippen LogP contribution in [0, 0.1) is 5.41 Å². The maximum Gasteiger partial charge on any atom is 0.255 e. The van der Waals surface area contributed by atoms with Gasteiger partial charge >= 0.3 is 0 Å². The Kier molecular flexibility index (Phi) is 2.52. The lowest BCUT2D eigenvalue weighted by Crippen LogP contribution is -2.07. The van der Waals surface area contributed by atoms with Crippen LogP contribution in [-0.2, 0) is 0 Å². The molecule has 2 atom stereocenters. The predicted molar refractivity (Wildman–Crippen MR) is 54.1 cm³/mol. The number of aromatic nitrogens is 2. The second-order valence-electron chi connectivity index (χ2n) is 4.83. The van der Waals surface area contributed by atoms with E-state index >= 15 is 0 Å². The molecule has 0 amide bonds. The van der Waals surface area contributed by atoms with Crippen molar-refractivity contribution in [2.24, 2.45) is 11.1 Å². The molecule has 15 heavy (non-hydrogen) atoms. The van der Waals surface area contributed by atoms with Crippen molar-refractivity contribution in [3.8, 4) is 0 Å². The molecule has 0 saturated heterocycles. The first kappa shape index (κ1) is 10.6. The molecular formula is C10H17N3O2. The third-order valence-electron chi connectivity index (χ3n) is 3.01. The summed E-state index contributed by atoms with van der Waals surface area (Å²) in [5.74, 6) is 1.38. The molecule has 1 heterocycles. The lowest BCUT2D eigenvalue weighted by atomic mass is 10.1. The first-order valence-electron chi connectivity index (χ1n) is 5.26. The van der Waals surface area contributed by atoms with Crippen molar-refractivity contribution >= 4 is 0 Å². The van der Waals surface area contributed by atoms with Crippen LogP contribution in [0.25, 0.3) is 0 Å². The van der Waals surface area contributed by atoms with E-state index in [1.807, 2.05) is 0 Å². The molecule has 5 nitrogen and oxygen atoms in total. The van der Waals surface area contributed by atoms with Gasteiger partial charge in [0.25, 0.3) is 5.89 Å². The average molecular weight is 211 g/mol. The third-order valence-corrected chi connectivity index (χ3v) is 3.01. The number of aliphatic hydroxyl groups excluding tert-OH is 1. The zero-order valence-electron chi connectivity index (χ0n) is 9.10. The lowest BCUT2D eigenvalue weighted by Gasteiger charge is -2.01. The van der Waals surface area contributed by atoms with E-state index in [1.54, 1.807) is 0 Å². The number of hydrogen-bond donors (Lipinski definition) is 2. The average Bonchev–Trinajstić information content (AvgIpc) is 2.66. The van der Waals surface area contributed by atoms with Gasteiger partial charge in [0.1, 0.15) is 6.10 Å². The van der Waals surface area contributed by atoms with Gasteiger partial charge in [0.2, 0.25) is 0 Å². The van der Waals surface area contributed by atoms with Crippen LogP contribution >= 0.6 is 0 Å². The number of nitrogens with zero attached hydrogens (tertiary/aromatic N) is 2. The van der Waals surface area contributed by atoms with E-state index in [0.717, 1.165) is 6.42 Å². The minimum Gasteiger partial charge on any atom is -0.383 e. The van der Waals surface area contributed by atoms with Gasteiger partial charge in [-0.2, -0.15) is 4.98 Å². The Hall–Kier alpha value is -0.940. The fourth-order valence-electron chi connectivity index (χ4n) is 1.71. The standard InChI is InChI=1S/C10H17N3O2/c1-10(2)5-6(10)8-12-9(15-13-8)7(14)3-4-11/h6-7,14H,3-5,11H2,1-2H3. The van der Waals surface area contributed by atoms with E-state index in [2.05, 4.69) is 24.0 Å². The fraction of sp³-hybridized carbons (Fsp3) is 0.800. The molecule has 3 N–H and O–H groups in total. The first-order chi connectivity index (χ1) is 7.04. The largest absolute Gasteiger partial charge is 0.383 e. The molecule has 0 aliphatic heterocycles. The van der Waals surface area contributed by atoms with Crippen LogP contribution in [0.15, 0.2) is 4.52 Å². The highest BCUT2D eigenvalue weighted by atomic mass is 16.5. The Balaban J connectivity index is 2.05. The molecule has 0 bridgehead atoms. The van der Waals surface area contributed by atoms with E-state index in [1.165, 1.54) is 0 Å². The highest BCUT2D eigenvalue weighted by Gasteiger charge is 2.49. The summed E-state index contributed by atoms with van der Waals surface area (Å²) in [6.07, 6.45) is 0.812. The zero-order chi connectivity index (χ0) is 11.1. The molecule has 1 aliphatic carbocycles. The van der Waals surface area contributed by atoms with Crippen LogP contribution in [0.2, 0.25) is 0 Å². The Bertz CT molecular complexity index is 348. The molecular weight excluding hydrogens is 194 g/mol. The van der Waals surface area contributed by atoms with Crippen molar-refractivity contribution in [3.05, 3.63) is 11.7 Å². The minimum absolute atomic E-state index is 0.278. The Morgan fingerprint density at radius 2 is 2.33 bits per heavy atom. The topological polar surface area (TPSA) is 85.2 Å². The van der Waals surface area contributed by atoms with Gasteiger partial charge in [0.15, 0.2) is 5.82 Å². The van der Waals surface area contributed by atoms with Crippen LogP contribution in [0.3, 0.4) is 0 Å². The van der Waals surface area contributed by atoms with Crippen LogP contribution in [0.1, 0.15) is 50.4 Å². The summed E-state index contributed by atoms with van der Waals surface area (Å²) >= 11 is 0. The summed E-state index contributed by atoms with van der Waals surface area (Å²) in [6.45, 7) is 4.75. The van der Waals surface area contributed by atoms with Crippen molar-refractivity contribution < 1.29 is 9.63 Å². The van der Waals surface area contributed by atoms with Crippen LogP contribution in [0.5, 0.6) is 0 Å².